The number of hydrogen-bond donors (Lipinski definition) is 5. The summed E-state index contributed by atoms with van der Waals surface area (Å²) in [6.07, 6.45) is 1.26. The Hall–Kier alpha value is -3.86. The molecule has 2 saturated carbocycles. The highest BCUT2D eigenvalue weighted by atomic mass is 16.3. The van der Waals surface area contributed by atoms with Crippen LogP contribution in [-0.2, 0) is 25.6 Å². The van der Waals surface area contributed by atoms with Crippen LogP contribution in [0.2, 0.25) is 0 Å². The number of nitrogens with two attached hydrogens (primary N) is 1. The van der Waals surface area contributed by atoms with Gasteiger partial charge in [0.25, 0.3) is 0 Å². The molecule has 6 N–H and O–H groups in total. The van der Waals surface area contributed by atoms with E-state index in [0.29, 0.717) is 11.1 Å². The van der Waals surface area contributed by atoms with Crippen molar-refractivity contribution in [2.45, 2.75) is 44.6 Å². The van der Waals surface area contributed by atoms with Crippen molar-refractivity contribution in [3.8, 4) is 5.75 Å². The second kappa shape index (κ2) is 9.22. The van der Waals surface area contributed by atoms with Gasteiger partial charge in [-0.3, -0.25) is 24.0 Å². The predicted octanol–water partition coefficient (Wildman–Crippen LogP) is 0.758. The monoisotopic (exact) mass is 511 g/mol. The summed E-state index contributed by atoms with van der Waals surface area (Å²) in [5, 5.41) is 27.3. The van der Waals surface area contributed by atoms with E-state index in [1.807, 2.05) is 13.8 Å². The molecule has 11 nitrogen and oxygen atoms in total. The zero-order valence-electron chi connectivity index (χ0n) is 20.5. The molecule has 0 spiro atoms. The molecule has 0 bridgehead atoms. The van der Waals surface area contributed by atoms with Crippen LogP contribution < -0.4 is 16.4 Å². The Morgan fingerprint density at radius 1 is 1.22 bits per heavy atom. The van der Waals surface area contributed by atoms with Crippen molar-refractivity contribution in [2.75, 3.05) is 11.9 Å². The molecule has 3 aliphatic rings. The average molecular weight is 512 g/mol. The molecule has 1 aromatic rings. The SMILES string of the molecule is C=CCNC(=O)Nc1cc(C(C)C)c2c(c1O)C(=O)C1C(=O)[C@]3(O)C(=O)C(C(N)=O)C(=O)C[C@@H]3C[C@@H]1C2. The smallest absolute Gasteiger partial charge is 0.319 e. The van der Waals surface area contributed by atoms with Crippen LogP contribution in [0.1, 0.15) is 54.1 Å². The van der Waals surface area contributed by atoms with Crippen LogP contribution in [0.4, 0.5) is 10.5 Å². The van der Waals surface area contributed by atoms with E-state index in [9.17, 15) is 39.0 Å². The zero-order chi connectivity index (χ0) is 27.4. The summed E-state index contributed by atoms with van der Waals surface area (Å²) < 4.78 is 0. The van der Waals surface area contributed by atoms with Crippen molar-refractivity contribution in [3.05, 3.63) is 35.4 Å². The Labute approximate surface area is 212 Å². The van der Waals surface area contributed by atoms with E-state index in [0.717, 1.165) is 0 Å². The van der Waals surface area contributed by atoms with Crippen LogP contribution in [0.3, 0.4) is 0 Å². The van der Waals surface area contributed by atoms with E-state index in [1.54, 1.807) is 6.07 Å². The molecule has 0 aliphatic heterocycles. The summed E-state index contributed by atoms with van der Waals surface area (Å²) in [4.78, 5) is 76.9. The maximum atomic E-state index is 13.8. The summed E-state index contributed by atoms with van der Waals surface area (Å²) in [5.41, 5.74) is 3.48. The molecular weight excluding hydrogens is 482 g/mol. The molecule has 11 heteroatoms. The van der Waals surface area contributed by atoms with E-state index in [1.165, 1.54) is 6.08 Å². The fourth-order valence-corrected chi connectivity index (χ4v) is 6.00. The molecule has 0 saturated heterocycles. The summed E-state index contributed by atoms with van der Waals surface area (Å²) in [6, 6.07) is 0.929. The summed E-state index contributed by atoms with van der Waals surface area (Å²) >= 11 is 0. The van der Waals surface area contributed by atoms with Crippen LogP contribution in [0.5, 0.6) is 5.75 Å². The molecular formula is C26H29N3O8. The van der Waals surface area contributed by atoms with Gasteiger partial charge in [0, 0.05) is 18.9 Å². The highest BCUT2D eigenvalue weighted by molar-refractivity contribution is 6.31. The Kier molecular flexibility index (Phi) is 6.53. The maximum absolute atomic E-state index is 13.8. The third-order valence-corrected chi connectivity index (χ3v) is 7.71. The number of aliphatic hydroxyl groups is 1. The van der Waals surface area contributed by atoms with Gasteiger partial charge >= 0.3 is 6.03 Å². The number of amides is 3. The first-order chi connectivity index (χ1) is 17.3. The lowest BCUT2D eigenvalue weighted by atomic mass is 9.53. The number of Topliss-reactive ketones (excluding diaryl/α,β-unsaturated/α-hetero) is 4. The fourth-order valence-electron chi connectivity index (χ4n) is 6.00. The normalized spacial score (nSPS) is 28.8. The number of anilines is 1. The summed E-state index contributed by atoms with van der Waals surface area (Å²) in [6.45, 7) is 7.42. The minimum atomic E-state index is -2.71. The summed E-state index contributed by atoms with van der Waals surface area (Å²) in [5.74, 6) is -11.0. The first-order valence-corrected chi connectivity index (χ1v) is 12.1. The van der Waals surface area contributed by atoms with E-state index >= 15 is 0 Å². The number of hydrogen-bond acceptors (Lipinski definition) is 8. The van der Waals surface area contributed by atoms with Gasteiger partial charge in [-0.25, -0.2) is 4.79 Å². The van der Waals surface area contributed by atoms with Crippen molar-refractivity contribution in [2.24, 2.45) is 29.4 Å². The van der Waals surface area contributed by atoms with Crippen LogP contribution >= 0.6 is 0 Å². The van der Waals surface area contributed by atoms with Gasteiger partial charge in [0.1, 0.15) is 5.75 Å². The first-order valence-electron chi connectivity index (χ1n) is 12.1. The van der Waals surface area contributed by atoms with Crippen LogP contribution in [0.15, 0.2) is 18.7 Å². The Morgan fingerprint density at radius 2 is 1.89 bits per heavy atom. The first kappa shape index (κ1) is 26.2. The van der Waals surface area contributed by atoms with Crippen molar-refractivity contribution in [3.63, 3.8) is 0 Å². The van der Waals surface area contributed by atoms with Crippen molar-refractivity contribution in [1.82, 2.24) is 5.32 Å². The zero-order valence-corrected chi connectivity index (χ0v) is 20.5. The summed E-state index contributed by atoms with van der Waals surface area (Å²) in [7, 11) is 0. The maximum Gasteiger partial charge on any atom is 0.319 e. The van der Waals surface area contributed by atoms with Crippen LogP contribution in [-0.4, -0.2) is 57.4 Å². The number of aromatic hydroxyl groups is 1. The van der Waals surface area contributed by atoms with E-state index in [-0.39, 0.29) is 36.6 Å². The van der Waals surface area contributed by atoms with Gasteiger partial charge in [0.15, 0.2) is 34.7 Å². The van der Waals surface area contributed by atoms with Gasteiger partial charge in [-0.05, 0) is 41.9 Å². The second-order valence-corrected chi connectivity index (χ2v) is 10.2. The van der Waals surface area contributed by atoms with Gasteiger partial charge in [0.2, 0.25) is 5.91 Å². The standard InChI is InChI=1S/C26H29N3O8/c1-4-5-28-25(36)29-15-9-13(10(2)3)14-7-11-6-12-8-16(30)19(24(27)35)23(34)26(12,37)22(33)17(11)21(32)18(14)20(15)31/h4,9-12,17,19,31,37H,1,5-8H2,2-3H3,(H2,27,35)(H2,28,29,36)/t11-,12+,17?,19?,26+/m1/s1. The van der Waals surface area contributed by atoms with Gasteiger partial charge in [-0.1, -0.05) is 19.9 Å². The fraction of sp³-hybridized carbons (Fsp3) is 0.462. The van der Waals surface area contributed by atoms with Gasteiger partial charge in [0.05, 0.1) is 17.2 Å². The molecule has 2 unspecified atom stereocenters. The van der Waals surface area contributed by atoms with Gasteiger partial charge in [-0.15, -0.1) is 6.58 Å². The minimum Gasteiger partial charge on any atom is -0.505 e. The quantitative estimate of drug-likeness (QED) is 0.217. The molecule has 0 heterocycles. The van der Waals surface area contributed by atoms with Crippen LogP contribution in [0.25, 0.3) is 0 Å². The molecule has 4 rings (SSSR count). The highest BCUT2D eigenvalue weighted by Gasteiger charge is 2.66. The number of phenols is 1. The van der Waals surface area contributed by atoms with Crippen molar-refractivity contribution >= 4 is 40.8 Å². The number of primary amides is 1. The highest BCUT2D eigenvalue weighted by Crippen LogP contribution is 2.51. The topological polar surface area (TPSA) is 193 Å². The molecule has 0 radical (unpaired) electrons. The number of benzene rings is 1. The predicted molar refractivity (Wildman–Crippen MR) is 130 cm³/mol. The Morgan fingerprint density at radius 3 is 2.49 bits per heavy atom. The minimum absolute atomic E-state index is 0.0172. The second-order valence-electron chi connectivity index (χ2n) is 10.2. The lowest BCUT2D eigenvalue weighted by Gasteiger charge is -2.48. The van der Waals surface area contributed by atoms with Gasteiger partial charge < -0.3 is 26.6 Å². The molecule has 3 aliphatic carbocycles. The number of phenolic OH excluding ortho intramolecular Hbond substituents is 1. The Balaban J connectivity index is 1.80. The molecule has 196 valence electrons. The molecule has 5 atom stereocenters. The number of carbonyl (C=O) groups excluding carboxylic acids is 6. The van der Waals surface area contributed by atoms with Crippen molar-refractivity contribution < 1.29 is 39.0 Å². The largest absolute Gasteiger partial charge is 0.505 e. The number of fused-ring (bicyclic) bond motifs is 3. The third kappa shape index (κ3) is 3.93. The van der Waals surface area contributed by atoms with E-state index < -0.39 is 76.5 Å². The molecule has 2 fully saturated rings. The van der Waals surface area contributed by atoms with Gasteiger partial charge in [-0.2, -0.15) is 0 Å². The third-order valence-electron chi connectivity index (χ3n) is 7.71. The number of nitrogens with one attached hydrogen (secondary N) is 2. The number of urea groups is 1. The average Bonchev–Trinajstić information content (AvgIpc) is 2.81. The van der Waals surface area contributed by atoms with Crippen molar-refractivity contribution in [1.29, 1.82) is 0 Å². The molecule has 1 aromatic carbocycles. The van der Waals surface area contributed by atoms with E-state index in [2.05, 4.69) is 17.2 Å². The lowest BCUT2D eigenvalue weighted by Crippen LogP contribution is -2.68. The number of rotatable bonds is 5. The van der Waals surface area contributed by atoms with E-state index in [4.69, 9.17) is 5.73 Å². The lowest BCUT2D eigenvalue weighted by molar-refractivity contribution is -0.175. The molecule has 37 heavy (non-hydrogen) atoms. The number of ketones is 4. The Bertz CT molecular complexity index is 1270. The number of carbonyl (C=O) groups is 6. The molecule has 3 amide bonds. The van der Waals surface area contributed by atoms with Crippen LogP contribution in [0, 0.1) is 23.7 Å². The molecule has 0 aromatic heterocycles.